The van der Waals surface area contributed by atoms with Gasteiger partial charge in [0.2, 0.25) is 11.6 Å². The molecule has 0 radical (unpaired) electrons. The molecule has 10 heteroatoms. The van der Waals surface area contributed by atoms with E-state index in [1.807, 2.05) is 12.1 Å². The molecule has 34 heavy (non-hydrogen) atoms. The van der Waals surface area contributed by atoms with Crippen LogP contribution >= 0.6 is 0 Å². The molecule has 1 aromatic heterocycles. The lowest BCUT2D eigenvalue weighted by atomic mass is 10.1. The third-order valence-corrected chi connectivity index (χ3v) is 5.31. The monoisotopic (exact) mass is 474 g/mol. The molecule has 2 aromatic carbocycles. The highest BCUT2D eigenvalue weighted by Crippen LogP contribution is 2.41. The molecule has 0 saturated heterocycles. The van der Waals surface area contributed by atoms with E-state index in [0.717, 1.165) is 5.56 Å². The Balaban J connectivity index is 1.91. The average molecular weight is 475 g/mol. The number of benzene rings is 2. The van der Waals surface area contributed by atoms with Crippen molar-refractivity contribution in [1.82, 2.24) is 4.98 Å². The number of aromatic hydroxyl groups is 1. The number of anilines is 1. The van der Waals surface area contributed by atoms with Crippen LogP contribution in [0.2, 0.25) is 0 Å². The Hall–Kier alpha value is -3.31. The molecule has 0 bridgehead atoms. The SMILES string of the molecule is COc1cc(-c2nc(-c3ccc(N(CC(O)CO)CC(O)CO)cc3)c(C)o2)cc(OC)c1O. The predicted molar refractivity (Wildman–Crippen MR) is 125 cm³/mol. The van der Waals surface area contributed by atoms with E-state index in [-0.39, 0.29) is 30.3 Å². The van der Waals surface area contributed by atoms with Crippen LogP contribution in [-0.4, -0.2) is 83.2 Å². The molecular formula is C24H30N2O8. The van der Waals surface area contributed by atoms with Crippen molar-refractivity contribution in [2.45, 2.75) is 19.1 Å². The molecule has 0 aliphatic rings. The molecule has 0 saturated carbocycles. The second kappa shape index (κ2) is 11.2. The first-order valence-corrected chi connectivity index (χ1v) is 10.7. The zero-order valence-corrected chi connectivity index (χ0v) is 19.3. The summed E-state index contributed by atoms with van der Waals surface area (Å²) >= 11 is 0. The van der Waals surface area contributed by atoms with Gasteiger partial charge in [0.15, 0.2) is 11.5 Å². The molecule has 1 heterocycles. The van der Waals surface area contributed by atoms with Crippen molar-refractivity contribution in [3.05, 3.63) is 42.2 Å². The Morgan fingerprint density at radius 2 is 1.44 bits per heavy atom. The maximum Gasteiger partial charge on any atom is 0.227 e. The van der Waals surface area contributed by atoms with E-state index in [0.29, 0.717) is 28.6 Å². The first-order chi connectivity index (χ1) is 16.3. The van der Waals surface area contributed by atoms with Crippen LogP contribution in [0.15, 0.2) is 40.8 Å². The van der Waals surface area contributed by atoms with Gasteiger partial charge in [0.25, 0.3) is 0 Å². The molecule has 3 aromatic rings. The first kappa shape index (κ1) is 25.3. The number of aliphatic hydroxyl groups is 4. The normalized spacial score (nSPS) is 12.9. The molecule has 0 amide bonds. The van der Waals surface area contributed by atoms with E-state index < -0.39 is 25.4 Å². The maximum atomic E-state index is 10.1. The quantitative estimate of drug-likeness (QED) is 0.277. The third kappa shape index (κ3) is 5.60. The van der Waals surface area contributed by atoms with Crippen LogP contribution < -0.4 is 14.4 Å². The van der Waals surface area contributed by atoms with Crippen molar-refractivity contribution in [1.29, 1.82) is 0 Å². The highest BCUT2D eigenvalue weighted by Gasteiger charge is 2.19. The number of phenols is 1. The number of aromatic nitrogens is 1. The maximum absolute atomic E-state index is 10.1. The van der Waals surface area contributed by atoms with E-state index in [2.05, 4.69) is 4.98 Å². The minimum Gasteiger partial charge on any atom is -0.502 e. The van der Waals surface area contributed by atoms with Crippen molar-refractivity contribution < 1.29 is 39.4 Å². The summed E-state index contributed by atoms with van der Waals surface area (Å²) < 4.78 is 16.3. The largest absolute Gasteiger partial charge is 0.502 e. The van der Waals surface area contributed by atoms with Gasteiger partial charge >= 0.3 is 0 Å². The second-order valence-electron chi connectivity index (χ2n) is 7.78. The Bertz CT molecular complexity index is 1050. The lowest BCUT2D eigenvalue weighted by Crippen LogP contribution is -2.40. The van der Waals surface area contributed by atoms with E-state index in [1.165, 1.54) is 14.2 Å². The number of aliphatic hydroxyl groups excluding tert-OH is 4. The number of nitrogens with zero attached hydrogens (tertiary/aromatic N) is 2. The molecular weight excluding hydrogens is 444 g/mol. The number of phenolic OH excluding ortho intramolecular Hbond substituents is 1. The minimum atomic E-state index is -0.995. The number of hydrogen-bond acceptors (Lipinski definition) is 10. The molecule has 3 rings (SSSR count). The predicted octanol–water partition coefficient (Wildman–Crippen LogP) is 1.55. The number of rotatable bonds is 11. The van der Waals surface area contributed by atoms with E-state index in [4.69, 9.17) is 13.9 Å². The van der Waals surface area contributed by atoms with Crippen molar-refractivity contribution in [2.75, 3.05) is 45.4 Å². The minimum absolute atomic E-state index is 0.0879. The number of oxazole rings is 1. The fourth-order valence-electron chi connectivity index (χ4n) is 3.54. The van der Waals surface area contributed by atoms with Gasteiger partial charge in [0.1, 0.15) is 11.5 Å². The summed E-state index contributed by atoms with van der Waals surface area (Å²) in [5, 5.41) is 48.2. The lowest BCUT2D eigenvalue weighted by molar-refractivity contribution is 0.0839. The number of hydrogen-bond donors (Lipinski definition) is 5. The fourth-order valence-corrected chi connectivity index (χ4v) is 3.54. The summed E-state index contributed by atoms with van der Waals surface area (Å²) in [5.74, 6) is 1.25. The average Bonchev–Trinajstić information content (AvgIpc) is 3.25. The van der Waals surface area contributed by atoms with Crippen molar-refractivity contribution in [3.63, 3.8) is 0 Å². The fraction of sp³-hybridized carbons (Fsp3) is 0.375. The zero-order chi connectivity index (χ0) is 24.8. The molecule has 0 aliphatic carbocycles. The molecule has 2 atom stereocenters. The van der Waals surface area contributed by atoms with Crippen LogP contribution in [0.25, 0.3) is 22.7 Å². The van der Waals surface area contributed by atoms with E-state index in [1.54, 1.807) is 36.1 Å². The van der Waals surface area contributed by atoms with Gasteiger partial charge in [-0.05, 0) is 31.2 Å². The molecule has 0 fully saturated rings. The van der Waals surface area contributed by atoms with Crippen molar-refractivity contribution in [2.24, 2.45) is 0 Å². The van der Waals surface area contributed by atoms with Gasteiger partial charge in [-0.25, -0.2) is 4.98 Å². The Morgan fingerprint density at radius 1 is 0.912 bits per heavy atom. The Labute approximate surface area is 197 Å². The van der Waals surface area contributed by atoms with Gasteiger partial charge in [0.05, 0.1) is 39.6 Å². The van der Waals surface area contributed by atoms with Crippen molar-refractivity contribution >= 4 is 5.69 Å². The highest BCUT2D eigenvalue weighted by molar-refractivity contribution is 5.70. The number of ether oxygens (including phenoxy) is 2. The van der Waals surface area contributed by atoms with Crippen LogP contribution in [0.1, 0.15) is 5.76 Å². The van der Waals surface area contributed by atoms with Gasteiger partial charge in [-0.3, -0.25) is 0 Å². The Morgan fingerprint density at radius 3 is 1.91 bits per heavy atom. The summed E-state index contributed by atoms with van der Waals surface area (Å²) in [4.78, 5) is 6.29. The van der Waals surface area contributed by atoms with Crippen LogP contribution in [0, 0.1) is 6.92 Å². The van der Waals surface area contributed by atoms with Gasteiger partial charge in [-0.2, -0.15) is 0 Å². The van der Waals surface area contributed by atoms with Crippen LogP contribution in [0.5, 0.6) is 17.2 Å². The second-order valence-corrected chi connectivity index (χ2v) is 7.78. The summed E-state index contributed by atoms with van der Waals surface area (Å²) in [5.41, 5.74) is 2.65. The molecule has 5 N–H and O–H groups in total. The lowest BCUT2D eigenvalue weighted by Gasteiger charge is -2.28. The van der Waals surface area contributed by atoms with Gasteiger partial charge < -0.3 is 44.3 Å². The van der Waals surface area contributed by atoms with Crippen LogP contribution in [0.3, 0.4) is 0 Å². The van der Waals surface area contributed by atoms with E-state index >= 15 is 0 Å². The zero-order valence-electron chi connectivity index (χ0n) is 19.3. The molecule has 0 spiro atoms. The number of methoxy groups -OCH3 is 2. The van der Waals surface area contributed by atoms with E-state index in [9.17, 15) is 25.5 Å². The highest BCUT2D eigenvalue weighted by atomic mass is 16.5. The summed E-state index contributed by atoms with van der Waals surface area (Å²) in [7, 11) is 2.88. The summed E-state index contributed by atoms with van der Waals surface area (Å²) in [6, 6.07) is 10.4. The van der Waals surface area contributed by atoms with Crippen molar-refractivity contribution in [3.8, 4) is 40.0 Å². The first-order valence-electron chi connectivity index (χ1n) is 10.7. The van der Waals surface area contributed by atoms with Gasteiger partial charge in [0, 0.05) is 29.9 Å². The molecule has 2 unspecified atom stereocenters. The van der Waals surface area contributed by atoms with Gasteiger partial charge in [-0.1, -0.05) is 12.1 Å². The third-order valence-electron chi connectivity index (χ3n) is 5.31. The Kier molecular flexibility index (Phi) is 8.35. The summed E-state index contributed by atoms with van der Waals surface area (Å²) in [6.07, 6.45) is -1.99. The van der Waals surface area contributed by atoms with Crippen LogP contribution in [-0.2, 0) is 0 Å². The summed E-state index contributed by atoms with van der Waals surface area (Å²) in [6.45, 7) is 1.13. The molecule has 0 aliphatic heterocycles. The number of aryl methyl sites for hydroxylation is 1. The topological polar surface area (TPSA) is 149 Å². The van der Waals surface area contributed by atoms with Gasteiger partial charge in [-0.15, -0.1) is 0 Å². The van der Waals surface area contributed by atoms with Crippen LogP contribution in [0.4, 0.5) is 5.69 Å². The standard InChI is InChI=1S/C24H30N2O8/c1-14-22(25-24(34-14)16-8-20(32-2)23(31)21(9-16)33-3)15-4-6-17(7-5-15)26(10-18(29)12-27)11-19(30)13-28/h4-9,18-19,27-31H,10-13H2,1-3H3. The smallest absolute Gasteiger partial charge is 0.227 e. The molecule has 184 valence electrons. The molecule has 10 nitrogen and oxygen atoms in total.